The maximum atomic E-state index is 13.3. The van der Waals surface area contributed by atoms with Gasteiger partial charge in [-0.15, -0.1) is 0 Å². The number of para-hydroxylation sites is 1. The van der Waals surface area contributed by atoms with Crippen molar-refractivity contribution in [2.75, 3.05) is 0 Å². The Morgan fingerprint density at radius 1 is 0.714 bits per heavy atom. The van der Waals surface area contributed by atoms with Gasteiger partial charge >= 0.3 is 12.4 Å². The van der Waals surface area contributed by atoms with E-state index in [1.54, 1.807) is 24.3 Å². The molecule has 0 saturated carbocycles. The SMILES string of the molecule is CCn1c2ccccc2c2cc(/C(C#N)=C(/C#N)c3cc(C(F)(F)F)cc(C(F)(F)F)c3)ccc21. The third-order valence-electron chi connectivity index (χ3n) is 5.73. The van der Waals surface area contributed by atoms with Crippen molar-refractivity contribution in [2.24, 2.45) is 0 Å². The Morgan fingerprint density at radius 3 is 1.80 bits per heavy atom. The second kappa shape index (κ2) is 8.52. The first-order chi connectivity index (χ1) is 16.5. The second-order valence-corrected chi connectivity index (χ2v) is 7.76. The normalized spacial score (nSPS) is 12.9. The summed E-state index contributed by atoms with van der Waals surface area (Å²) in [5.41, 5.74) is -2.69. The highest BCUT2D eigenvalue weighted by atomic mass is 19.4. The van der Waals surface area contributed by atoms with Gasteiger partial charge in [-0.05, 0) is 54.4 Å². The number of rotatable bonds is 3. The van der Waals surface area contributed by atoms with Crippen LogP contribution in [0, 0.1) is 22.7 Å². The van der Waals surface area contributed by atoms with Crippen LogP contribution >= 0.6 is 0 Å². The zero-order valence-electron chi connectivity index (χ0n) is 18.1. The van der Waals surface area contributed by atoms with E-state index in [2.05, 4.69) is 0 Å². The van der Waals surface area contributed by atoms with Crippen LogP contribution in [-0.2, 0) is 18.9 Å². The molecule has 1 aromatic heterocycles. The van der Waals surface area contributed by atoms with Crippen molar-refractivity contribution in [3.63, 3.8) is 0 Å². The molecule has 176 valence electrons. The lowest BCUT2D eigenvalue weighted by Gasteiger charge is -2.14. The van der Waals surface area contributed by atoms with Crippen LogP contribution < -0.4 is 0 Å². The van der Waals surface area contributed by atoms with Crippen molar-refractivity contribution in [3.05, 3.63) is 82.9 Å². The molecule has 0 aliphatic rings. The minimum absolute atomic E-state index is 0.0177. The fourth-order valence-corrected chi connectivity index (χ4v) is 4.18. The summed E-state index contributed by atoms with van der Waals surface area (Å²) in [4.78, 5) is 0. The zero-order valence-corrected chi connectivity index (χ0v) is 18.1. The van der Waals surface area contributed by atoms with E-state index in [-0.39, 0.29) is 17.2 Å². The molecule has 0 amide bonds. The number of benzene rings is 3. The van der Waals surface area contributed by atoms with Crippen molar-refractivity contribution in [1.82, 2.24) is 4.57 Å². The van der Waals surface area contributed by atoms with Gasteiger partial charge in [-0.1, -0.05) is 24.3 Å². The first kappa shape index (κ1) is 23.9. The summed E-state index contributed by atoms with van der Waals surface area (Å²) in [5, 5.41) is 21.2. The lowest BCUT2D eigenvalue weighted by atomic mass is 9.93. The Balaban J connectivity index is 2.01. The monoisotopic (exact) mass is 483 g/mol. The van der Waals surface area contributed by atoms with E-state index in [9.17, 15) is 36.9 Å². The number of hydrogen-bond donors (Lipinski definition) is 0. The number of aromatic nitrogens is 1. The van der Waals surface area contributed by atoms with E-state index >= 15 is 0 Å². The van der Waals surface area contributed by atoms with Crippen molar-refractivity contribution in [2.45, 2.75) is 25.8 Å². The van der Waals surface area contributed by atoms with E-state index in [0.29, 0.717) is 18.7 Å². The molecule has 0 aliphatic heterocycles. The first-order valence-electron chi connectivity index (χ1n) is 10.3. The quantitative estimate of drug-likeness (QED) is 0.170. The van der Waals surface area contributed by atoms with E-state index in [0.717, 1.165) is 21.8 Å². The maximum absolute atomic E-state index is 13.3. The highest BCUT2D eigenvalue weighted by Gasteiger charge is 2.37. The largest absolute Gasteiger partial charge is 0.416 e. The zero-order chi connectivity index (χ0) is 25.5. The Bertz CT molecular complexity index is 1540. The van der Waals surface area contributed by atoms with Crippen LogP contribution in [0.4, 0.5) is 26.3 Å². The molecule has 1 heterocycles. The predicted octanol–water partition coefficient (Wildman–Crippen LogP) is 7.81. The third-order valence-corrected chi connectivity index (χ3v) is 5.73. The highest BCUT2D eigenvalue weighted by molar-refractivity contribution is 6.11. The molecule has 3 aromatic carbocycles. The fraction of sp³-hybridized carbons (Fsp3) is 0.154. The summed E-state index contributed by atoms with van der Waals surface area (Å²) in [6.07, 6.45) is -10.2. The molecule has 9 heteroatoms. The number of fused-ring (bicyclic) bond motifs is 3. The van der Waals surface area contributed by atoms with Crippen LogP contribution in [0.25, 0.3) is 33.0 Å². The van der Waals surface area contributed by atoms with Gasteiger partial charge < -0.3 is 4.57 Å². The topological polar surface area (TPSA) is 52.5 Å². The summed E-state index contributed by atoms with van der Waals surface area (Å²) in [6.45, 7) is 2.61. The van der Waals surface area contributed by atoms with E-state index in [1.165, 1.54) is 6.07 Å². The van der Waals surface area contributed by atoms with Gasteiger partial charge in [-0.3, -0.25) is 0 Å². The van der Waals surface area contributed by atoms with E-state index in [1.807, 2.05) is 35.8 Å². The lowest BCUT2D eigenvalue weighted by molar-refractivity contribution is -0.143. The van der Waals surface area contributed by atoms with E-state index in [4.69, 9.17) is 0 Å². The van der Waals surface area contributed by atoms with Gasteiger partial charge in [0.2, 0.25) is 0 Å². The maximum Gasteiger partial charge on any atom is 0.416 e. The summed E-state index contributed by atoms with van der Waals surface area (Å²) < 4.78 is 82.0. The molecule has 3 nitrogen and oxygen atoms in total. The van der Waals surface area contributed by atoms with Crippen LogP contribution in [0.2, 0.25) is 0 Å². The molecule has 0 atom stereocenters. The molecule has 0 fully saturated rings. The smallest absolute Gasteiger partial charge is 0.341 e. The molecule has 0 aliphatic carbocycles. The van der Waals surface area contributed by atoms with E-state index < -0.39 is 34.6 Å². The van der Waals surface area contributed by atoms with Gasteiger partial charge in [-0.25, -0.2) is 0 Å². The molecular weight excluding hydrogens is 468 g/mol. The molecule has 4 aromatic rings. The number of alkyl halides is 6. The first-order valence-corrected chi connectivity index (χ1v) is 10.3. The number of nitriles is 2. The summed E-state index contributed by atoms with van der Waals surface area (Å²) in [7, 11) is 0. The molecular formula is C26H15F6N3. The molecule has 0 spiro atoms. The summed E-state index contributed by atoms with van der Waals surface area (Å²) in [5.74, 6) is 0. The van der Waals surface area contributed by atoms with Gasteiger partial charge in [0.25, 0.3) is 0 Å². The molecule has 0 radical (unpaired) electrons. The number of aryl methyl sites for hydroxylation is 1. The lowest BCUT2D eigenvalue weighted by Crippen LogP contribution is -2.11. The highest BCUT2D eigenvalue weighted by Crippen LogP contribution is 2.39. The van der Waals surface area contributed by atoms with Crippen LogP contribution in [-0.4, -0.2) is 4.57 Å². The van der Waals surface area contributed by atoms with Crippen LogP contribution in [0.1, 0.15) is 29.2 Å². The Hall–Kier alpha value is -4.24. The Morgan fingerprint density at radius 2 is 1.26 bits per heavy atom. The van der Waals surface area contributed by atoms with Crippen LogP contribution in [0.3, 0.4) is 0 Å². The van der Waals surface area contributed by atoms with Crippen molar-refractivity contribution < 1.29 is 26.3 Å². The summed E-state index contributed by atoms with van der Waals surface area (Å²) >= 11 is 0. The number of halogens is 6. The van der Waals surface area contributed by atoms with Gasteiger partial charge in [0.1, 0.15) is 12.1 Å². The minimum Gasteiger partial charge on any atom is -0.341 e. The number of hydrogen-bond acceptors (Lipinski definition) is 2. The van der Waals surface area contributed by atoms with Crippen molar-refractivity contribution in [3.8, 4) is 12.1 Å². The van der Waals surface area contributed by atoms with Gasteiger partial charge in [0.05, 0.1) is 22.3 Å². The minimum atomic E-state index is -5.08. The molecule has 35 heavy (non-hydrogen) atoms. The number of allylic oxidation sites excluding steroid dienone is 2. The Labute approximate surface area is 195 Å². The molecule has 0 saturated heterocycles. The second-order valence-electron chi connectivity index (χ2n) is 7.76. The van der Waals surface area contributed by atoms with Crippen LogP contribution in [0.15, 0.2) is 60.7 Å². The van der Waals surface area contributed by atoms with Crippen molar-refractivity contribution in [1.29, 1.82) is 10.5 Å². The molecule has 4 rings (SSSR count). The average Bonchev–Trinajstić information content (AvgIpc) is 3.14. The Kier molecular flexibility index (Phi) is 5.82. The number of nitrogens with zero attached hydrogens (tertiary/aromatic N) is 3. The third kappa shape index (κ3) is 4.22. The van der Waals surface area contributed by atoms with Crippen molar-refractivity contribution >= 4 is 33.0 Å². The average molecular weight is 483 g/mol. The van der Waals surface area contributed by atoms with Gasteiger partial charge in [0.15, 0.2) is 0 Å². The molecule has 0 N–H and O–H groups in total. The predicted molar refractivity (Wildman–Crippen MR) is 120 cm³/mol. The molecule has 0 unspecified atom stereocenters. The van der Waals surface area contributed by atoms with Crippen LogP contribution in [0.5, 0.6) is 0 Å². The fourth-order valence-electron chi connectivity index (χ4n) is 4.18. The molecule has 0 bridgehead atoms. The summed E-state index contributed by atoms with van der Waals surface area (Å²) in [6, 6.07) is 16.7. The standard InChI is InChI=1S/C26H15F6N3/c1-2-35-23-6-4-3-5-19(23)20-11-15(7-8-24(20)35)21(13-33)22(14-34)16-9-17(25(27,28)29)12-18(10-16)26(30,31)32/h3-12H,2H2,1H3/b22-21-. The van der Waals surface area contributed by atoms with Gasteiger partial charge in [0, 0.05) is 28.4 Å². The van der Waals surface area contributed by atoms with Gasteiger partial charge in [-0.2, -0.15) is 36.9 Å².